The molecule has 4 heteroatoms. The average molecular weight is 260 g/mol. The van der Waals surface area contributed by atoms with Crippen molar-refractivity contribution in [3.63, 3.8) is 0 Å². The van der Waals surface area contributed by atoms with Crippen molar-refractivity contribution >= 4 is 11.6 Å². The fourth-order valence-corrected chi connectivity index (χ4v) is 2.22. The first-order valence-electron chi connectivity index (χ1n) is 6.42. The number of rotatable bonds is 1. The Morgan fingerprint density at radius 1 is 1.32 bits per heavy atom. The molecule has 19 heavy (non-hydrogen) atoms. The van der Waals surface area contributed by atoms with Gasteiger partial charge in [0.2, 0.25) is 0 Å². The van der Waals surface area contributed by atoms with Gasteiger partial charge in [-0.3, -0.25) is 4.79 Å². The number of hydrogen-bond donors (Lipinski definition) is 1. The summed E-state index contributed by atoms with van der Waals surface area (Å²) in [5.41, 5.74) is -0.451. The minimum absolute atomic E-state index is 0.269. The van der Waals surface area contributed by atoms with Crippen LogP contribution in [0, 0.1) is 5.41 Å². The van der Waals surface area contributed by atoms with Gasteiger partial charge in [-0.05, 0) is 19.1 Å². The minimum atomic E-state index is -1.27. The Hall–Kier alpha value is -1.68. The Morgan fingerprint density at radius 2 is 1.89 bits per heavy atom. The third-order valence-electron chi connectivity index (χ3n) is 3.54. The van der Waals surface area contributed by atoms with Crippen molar-refractivity contribution < 1.29 is 9.90 Å². The second-order valence-corrected chi connectivity index (χ2v) is 6.06. The van der Waals surface area contributed by atoms with Crippen molar-refractivity contribution in [1.29, 1.82) is 0 Å². The molecule has 1 aromatic rings. The zero-order valence-electron chi connectivity index (χ0n) is 11.8. The van der Waals surface area contributed by atoms with Crippen LogP contribution in [0.1, 0.15) is 44.5 Å². The number of hydrazone groups is 1. The van der Waals surface area contributed by atoms with Gasteiger partial charge in [-0.25, -0.2) is 0 Å². The molecule has 0 aromatic heterocycles. The molecule has 0 fully saturated rings. The molecule has 102 valence electrons. The summed E-state index contributed by atoms with van der Waals surface area (Å²) in [5, 5.41) is 16.3. The van der Waals surface area contributed by atoms with E-state index in [1.807, 2.05) is 33.8 Å². The third kappa shape index (κ3) is 2.28. The highest BCUT2D eigenvalue weighted by molar-refractivity contribution is 5.97. The number of carbonyl (C=O) groups excluding carboxylic acids is 1. The van der Waals surface area contributed by atoms with E-state index in [0.29, 0.717) is 12.0 Å². The maximum atomic E-state index is 12.5. The van der Waals surface area contributed by atoms with Gasteiger partial charge >= 0.3 is 0 Å². The van der Waals surface area contributed by atoms with Crippen LogP contribution in [0.15, 0.2) is 35.4 Å². The van der Waals surface area contributed by atoms with Crippen molar-refractivity contribution in [3.05, 3.63) is 35.9 Å². The molecule has 2 rings (SSSR count). The van der Waals surface area contributed by atoms with Crippen LogP contribution in [-0.2, 0) is 0 Å². The van der Waals surface area contributed by atoms with Crippen molar-refractivity contribution in [3.8, 4) is 0 Å². The lowest BCUT2D eigenvalue weighted by molar-refractivity contribution is -0.143. The minimum Gasteiger partial charge on any atom is -0.368 e. The number of nitrogens with zero attached hydrogens (tertiary/aromatic N) is 2. The Labute approximate surface area is 113 Å². The van der Waals surface area contributed by atoms with Gasteiger partial charge in [0.25, 0.3) is 5.91 Å². The van der Waals surface area contributed by atoms with Crippen molar-refractivity contribution in [2.24, 2.45) is 10.5 Å². The van der Waals surface area contributed by atoms with Crippen LogP contribution < -0.4 is 0 Å². The Balaban J connectivity index is 2.40. The van der Waals surface area contributed by atoms with Crippen molar-refractivity contribution in [1.82, 2.24) is 5.01 Å². The predicted molar refractivity (Wildman–Crippen MR) is 74.7 cm³/mol. The highest BCUT2D eigenvalue weighted by atomic mass is 16.3. The molecule has 0 saturated carbocycles. The van der Waals surface area contributed by atoms with Crippen LogP contribution in [0.5, 0.6) is 0 Å². The van der Waals surface area contributed by atoms with E-state index in [1.165, 1.54) is 5.01 Å². The maximum absolute atomic E-state index is 12.5. The van der Waals surface area contributed by atoms with E-state index in [0.717, 1.165) is 5.71 Å². The molecule has 0 radical (unpaired) electrons. The van der Waals surface area contributed by atoms with E-state index in [9.17, 15) is 9.90 Å². The molecule has 4 nitrogen and oxygen atoms in total. The summed E-state index contributed by atoms with van der Waals surface area (Å²) < 4.78 is 0. The van der Waals surface area contributed by atoms with Gasteiger partial charge in [0.1, 0.15) is 0 Å². The lowest BCUT2D eigenvalue weighted by Gasteiger charge is -2.41. The summed E-state index contributed by atoms with van der Waals surface area (Å²) in [6.07, 6.45) is 0.384. The van der Waals surface area contributed by atoms with Gasteiger partial charge in [-0.1, -0.05) is 39.0 Å². The number of carbonyl (C=O) groups is 1. The molecule has 0 saturated heterocycles. The van der Waals surface area contributed by atoms with Gasteiger partial charge in [0, 0.05) is 23.1 Å². The van der Waals surface area contributed by atoms with Gasteiger partial charge in [0.15, 0.2) is 5.72 Å². The first kappa shape index (κ1) is 13.7. The SMILES string of the molecule is CC1=NN(C(=O)c2ccccc2)[C@](O)(C(C)(C)C)C1. The van der Waals surface area contributed by atoms with Crippen molar-refractivity contribution in [2.75, 3.05) is 0 Å². The number of hydrogen-bond acceptors (Lipinski definition) is 3. The fraction of sp³-hybridized carbons (Fsp3) is 0.467. The normalized spacial score (nSPS) is 23.4. The Kier molecular flexibility index (Phi) is 3.22. The van der Waals surface area contributed by atoms with Crippen LogP contribution in [0.2, 0.25) is 0 Å². The van der Waals surface area contributed by atoms with E-state index in [-0.39, 0.29) is 5.91 Å². The average Bonchev–Trinajstić information content (AvgIpc) is 2.65. The topological polar surface area (TPSA) is 52.9 Å². The first-order chi connectivity index (χ1) is 8.75. The quantitative estimate of drug-likeness (QED) is 0.844. The van der Waals surface area contributed by atoms with Crippen molar-refractivity contribution in [2.45, 2.75) is 39.8 Å². The lowest BCUT2D eigenvalue weighted by Crippen LogP contribution is -2.54. The van der Waals surface area contributed by atoms with Gasteiger partial charge in [-0.2, -0.15) is 10.1 Å². The van der Waals surface area contributed by atoms with E-state index < -0.39 is 11.1 Å². The summed E-state index contributed by atoms with van der Waals surface area (Å²) in [7, 11) is 0. The van der Waals surface area contributed by atoms with Crippen LogP contribution in [0.25, 0.3) is 0 Å². The maximum Gasteiger partial charge on any atom is 0.276 e. The first-order valence-corrected chi connectivity index (χ1v) is 6.42. The van der Waals surface area contributed by atoms with E-state index in [1.54, 1.807) is 24.3 Å². The molecule has 1 aliphatic heterocycles. The lowest BCUT2D eigenvalue weighted by atomic mass is 9.80. The van der Waals surface area contributed by atoms with Gasteiger partial charge < -0.3 is 5.11 Å². The fourth-order valence-electron chi connectivity index (χ4n) is 2.22. The zero-order valence-corrected chi connectivity index (χ0v) is 11.8. The van der Waals surface area contributed by atoms with E-state index >= 15 is 0 Å². The monoisotopic (exact) mass is 260 g/mol. The van der Waals surface area contributed by atoms with Gasteiger partial charge in [0.05, 0.1) is 0 Å². The standard InChI is InChI=1S/C15H20N2O2/c1-11-10-15(19,14(2,3)4)17(16-11)13(18)12-8-6-5-7-9-12/h5-9,19H,10H2,1-4H3/t15-/m1/s1. The highest BCUT2D eigenvalue weighted by Gasteiger charge is 2.51. The molecule has 0 aliphatic carbocycles. The van der Waals surface area contributed by atoms with E-state index in [4.69, 9.17) is 0 Å². The summed E-state index contributed by atoms with van der Waals surface area (Å²) in [4.78, 5) is 12.5. The van der Waals surface area contributed by atoms with Crippen LogP contribution in [0.3, 0.4) is 0 Å². The molecular formula is C15H20N2O2. The highest BCUT2D eigenvalue weighted by Crippen LogP contribution is 2.41. The smallest absolute Gasteiger partial charge is 0.276 e. The number of aliphatic hydroxyl groups is 1. The Bertz CT molecular complexity index is 517. The molecule has 1 amide bonds. The third-order valence-corrected chi connectivity index (χ3v) is 3.54. The molecule has 0 spiro atoms. The van der Waals surface area contributed by atoms with Crippen LogP contribution >= 0.6 is 0 Å². The number of amides is 1. The Morgan fingerprint density at radius 3 is 2.42 bits per heavy atom. The largest absolute Gasteiger partial charge is 0.368 e. The molecule has 1 aromatic carbocycles. The van der Waals surface area contributed by atoms with Crippen LogP contribution in [0.4, 0.5) is 0 Å². The zero-order chi connectivity index (χ0) is 14.3. The van der Waals surface area contributed by atoms with E-state index in [2.05, 4.69) is 5.10 Å². The summed E-state index contributed by atoms with van der Waals surface area (Å²) in [6.45, 7) is 7.56. The second-order valence-electron chi connectivity index (χ2n) is 6.06. The summed E-state index contributed by atoms with van der Waals surface area (Å²) >= 11 is 0. The van der Waals surface area contributed by atoms with Crippen LogP contribution in [-0.4, -0.2) is 27.5 Å². The second kappa shape index (κ2) is 4.46. The molecule has 1 heterocycles. The molecular weight excluding hydrogens is 240 g/mol. The summed E-state index contributed by atoms with van der Waals surface area (Å²) in [5.74, 6) is -0.269. The molecule has 1 atom stereocenters. The summed E-state index contributed by atoms with van der Waals surface area (Å²) in [6, 6.07) is 8.92. The molecule has 0 bridgehead atoms. The van der Waals surface area contributed by atoms with Gasteiger partial charge in [-0.15, -0.1) is 0 Å². The number of benzene rings is 1. The predicted octanol–water partition coefficient (Wildman–Crippen LogP) is 2.64. The molecule has 1 N–H and O–H groups in total. The molecule has 1 aliphatic rings. The molecule has 0 unspecified atom stereocenters.